The molecule has 2 N–H and O–H groups in total. The van der Waals surface area contributed by atoms with Gasteiger partial charge in [0, 0.05) is 17.8 Å². The third-order valence-corrected chi connectivity index (χ3v) is 5.72. The van der Waals surface area contributed by atoms with Crippen LogP contribution in [0.3, 0.4) is 0 Å². The maximum atomic E-state index is 12.6. The number of carbonyl (C=O) groups excluding carboxylic acids is 1. The van der Waals surface area contributed by atoms with Gasteiger partial charge in [0.25, 0.3) is 0 Å². The van der Waals surface area contributed by atoms with Crippen molar-refractivity contribution in [2.24, 2.45) is 0 Å². The van der Waals surface area contributed by atoms with Crippen molar-refractivity contribution in [2.75, 3.05) is 17.2 Å². The summed E-state index contributed by atoms with van der Waals surface area (Å²) < 4.78 is 0.778. The first-order chi connectivity index (χ1) is 12.7. The highest BCUT2D eigenvalue weighted by Crippen LogP contribution is 2.31. The number of benzene rings is 2. The summed E-state index contributed by atoms with van der Waals surface area (Å²) in [5.41, 5.74) is 2.88. The van der Waals surface area contributed by atoms with Crippen LogP contribution in [-0.4, -0.2) is 27.9 Å². The second-order valence-corrected chi connectivity index (χ2v) is 8.13. The molecule has 0 fully saturated rings. The first kappa shape index (κ1) is 18.4. The molecule has 0 aliphatic heterocycles. The van der Waals surface area contributed by atoms with Crippen molar-refractivity contribution >= 4 is 39.8 Å². The van der Waals surface area contributed by atoms with E-state index in [1.165, 1.54) is 23.1 Å². The Bertz CT molecular complexity index is 867. The zero-order chi connectivity index (χ0) is 18.4. The molecule has 0 spiro atoms. The number of carbonyl (C=O) groups is 1. The largest absolute Gasteiger partial charge is 0.360 e. The van der Waals surface area contributed by atoms with Crippen LogP contribution in [0.1, 0.15) is 13.8 Å². The maximum absolute atomic E-state index is 12.6. The fourth-order valence-electron chi connectivity index (χ4n) is 2.38. The summed E-state index contributed by atoms with van der Waals surface area (Å²) in [5.74, 6) is -0.0569. The van der Waals surface area contributed by atoms with Gasteiger partial charge in [-0.1, -0.05) is 71.6 Å². The van der Waals surface area contributed by atoms with Crippen LogP contribution < -0.4 is 10.6 Å². The Morgan fingerprint density at radius 3 is 2.62 bits per heavy atom. The van der Waals surface area contributed by atoms with Gasteiger partial charge >= 0.3 is 0 Å². The molecule has 0 saturated carbocycles. The Kier molecular flexibility index (Phi) is 6.25. The summed E-state index contributed by atoms with van der Waals surface area (Å²) in [6.45, 7) is 4.68. The van der Waals surface area contributed by atoms with Crippen molar-refractivity contribution in [3.8, 4) is 11.1 Å². The summed E-state index contributed by atoms with van der Waals surface area (Å²) in [6, 6.07) is 17.9. The second-order valence-electron chi connectivity index (χ2n) is 5.56. The smallest absolute Gasteiger partial charge is 0.237 e. The van der Waals surface area contributed by atoms with Crippen molar-refractivity contribution in [2.45, 2.75) is 23.4 Å². The topological polar surface area (TPSA) is 66.9 Å². The third kappa shape index (κ3) is 4.62. The molecule has 1 aromatic heterocycles. The molecule has 0 bridgehead atoms. The molecule has 0 aliphatic rings. The molecule has 1 heterocycles. The molecule has 0 radical (unpaired) electrons. The molecular weight excluding hydrogens is 364 g/mol. The van der Waals surface area contributed by atoms with Crippen molar-refractivity contribution in [3.63, 3.8) is 0 Å². The molecule has 26 heavy (non-hydrogen) atoms. The molecule has 1 amide bonds. The number of nitrogens with zero attached hydrogens (tertiary/aromatic N) is 2. The van der Waals surface area contributed by atoms with Crippen molar-refractivity contribution < 1.29 is 4.79 Å². The van der Waals surface area contributed by atoms with Gasteiger partial charge in [-0.05, 0) is 25.5 Å². The standard InChI is InChI=1S/C19H20N4OS2/c1-3-20-18-22-23-19(26-18)25-13(2)17(24)21-16-12-8-7-11-15(16)14-9-5-4-6-10-14/h4-13H,3H2,1-2H3,(H,20,22)(H,21,24). The highest BCUT2D eigenvalue weighted by atomic mass is 32.2. The Hall–Kier alpha value is -2.38. The summed E-state index contributed by atoms with van der Waals surface area (Å²) >= 11 is 2.87. The molecule has 0 saturated heterocycles. The fraction of sp³-hybridized carbons (Fsp3) is 0.211. The number of hydrogen-bond donors (Lipinski definition) is 2. The van der Waals surface area contributed by atoms with Gasteiger partial charge in [0.2, 0.25) is 11.0 Å². The van der Waals surface area contributed by atoms with Crippen LogP contribution in [0.25, 0.3) is 11.1 Å². The third-order valence-electron chi connectivity index (χ3n) is 3.65. The van der Waals surface area contributed by atoms with Gasteiger partial charge < -0.3 is 10.6 Å². The second kappa shape index (κ2) is 8.82. The van der Waals surface area contributed by atoms with E-state index in [-0.39, 0.29) is 11.2 Å². The van der Waals surface area contributed by atoms with Gasteiger partial charge in [0.15, 0.2) is 4.34 Å². The van der Waals surface area contributed by atoms with E-state index < -0.39 is 0 Å². The Labute approximate surface area is 161 Å². The van der Waals surface area contributed by atoms with Crippen molar-refractivity contribution in [1.29, 1.82) is 0 Å². The monoisotopic (exact) mass is 384 g/mol. The van der Waals surface area contributed by atoms with Crippen LogP contribution in [-0.2, 0) is 4.79 Å². The lowest BCUT2D eigenvalue weighted by atomic mass is 10.0. The first-order valence-electron chi connectivity index (χ1n) is 8.36. The van der Waals surface area contributed by atoms with Crippen LogP contribution in [0.5, 0.6) is 0 Å². The highest BCUT2D eigenvalue weighted by molar-refractivity contribution is 8.02. The van der Waals surface area contributed by atoms with Gasteiger partial charge in [0.1, 0.15) is 0 Å². The molecule has 1 unspecified atom stereocenters. The number of amides is 1. The van der Waals surface area contributed by atoms with Crippen LogP contribution in [0, 0.1) is 0 Å². The summed E-state index contributed by atoms with van der Waals surface area (Å²) in [4.78, 5) is 12.6. The number of para-hydroxylation sites is 1. The average molecular weight is 385 g/mol. The van der Waals surface area contributed by atoms with E-state index in [1.54, 1.807) is 0 Å². The first-order valence-corrected chi connectivity index (χ1v) is 10.1. The molecule has 1 atom stereocenters. The van der Waals surface area contributed by atoms with Gasteiger partial charge in [-0.3, -0.25) is 4.79 Å². The minimum atomic E-state index is -0.277. The summed E-state index contributed by atoms with van der Waals surface area (Å²) in [7, 11) is 0. The number of thioether (sulfide) groups is 1. The number of nitrogens with one attached hydrogen (secondary N) is 2. The molecule has 2 aromatic carbocycles. The molecule has 0 aliphatic carbocycles. The van der Waals surface area contributed by atoms with Gasteiger partial charge in [-0.2, -0.15) is 0 Å². The Morgan fingerprint density at radius 1 is 1.12 bits per heavy atom. The molecule has 3 rings (SSSR count). The summed E-state index contributed by atoms with van der Waals surface area (Å²) in [5, 5.41) is 14.8. The lowest BCUT2D eigenvalue weighted by Crippen LogP contribution is -2.22. The van der Waals surface area contributed by atoms with Crippen LogP contribution in [0.15, 0.2) is 58.9 Å². The predicted octanol–water partition coefficient (Wildman–Crippen LogP) is 4.76. The van der Waals surface area contributed by atoms with E-state index in [1.807, 2.05) is 68.4 Å². The highest BCUT2D eigenvalue weighted by Gasteiger charge is 2.18. The number of anilines is 2. The zero-order valence-electron chi connectivity index (χ0n) is 14.6. The van der Waals surface area contributed by atoms with E-state index in [0.717, 1.165) is 32.8 Å². The molecule has 134 valence electrons. The quantitative estimate of drug-likeness (QED) is 0.575. The average Bonchev–Trinajstić information content (AvgIpc) is 3.10. The van der Waals surface area contributed by atoms with E-state index in [2.05, 4.69) is 20.8 Å². The molecule has 7 heteroatoms. The lowest BCUT2D eigenvalue weighted by molar-refractivity contribution is -0.115. The number of aromatic nitrogens is 2. The normalized spacial score (nSPS) is 11.8. The number of rotatable bonds is 7. The van der Waals surface area contributed by atoms with Crippen molar-refractivity contribution in [3.05, 3.63) is 54.6 Å². The predicted molar refractivity (Wildman–Crippen MR) is 110 cm³/mol. The maximum Gasteiger partial charge on any atom is 0.237 e. The molecule has 5 nitrogen and oxygen atoms in total. The minimum absolute atomic E-state index is 0.0569. The minimum Gasteiger partial charge on any atom is -0.360 e. The van der Waals surface area contributed by atoms with Gasteiger partial charge in [-0.25, -0.2) is 0 Å². The summed E-state index contributed by atoms with van der Waals surface area (Å²) in [6.07, 6.45) is 0. The van der Waals surface area contributed by atoms with E-state index >= 15 is 0 Å². The number of hydrogen-bond acceptors (Lipinski definition) is 6. The molecule has 3 aromatic rings. The Balaban J connectivity index is 1.69. The fourth-order valence-corrected chi connectivity index (χ4v) is 4.34. The van der Waals surface area contributed by atoms with Crippen LogP contribution in [0.2, 0.25) is 0 Å². The SMILES string of the molecule is CCNc1nnc(SC(C)C(=O)Nc2ccccc2-c2ccccc2)s1. The van der Waals surface area contributed by atoms with Crippen LogP contribution in [0.4, 0.5) is 10.8 Å². The van der Waals surface area contributed by atoms with E-state index in [9.17, 15) is 4.79 Å². The zero-order valence-corrected chi connectivity index (χ0v) is 16.2. The van der Waals surface area contributed by atoms with Gasteiger partial charge in [0.05, 0.1) is 5.25 Å². The van der Waals surface area contributed by atoms with E-state index in [0.29, 0.717) is 0 Å². The lowest BCUT2D eigenvalue weighted by Gasteiger charge is -2.14. The van der Waals surface area contributed by atoms with Crippen molar-refractivity contribution in [1.82, 2.24) is 10.2 Å². The Morgan fingerprint density at radius 2 is 1.85 bits per heavy atom. The molecular formula is C19H20N4OS2. The van der Waals surface area contributed by atoms with E-state index in [4.69, 9.17) is 0 Å². The van der Waals surface area contributed by atoms with Crippen LogP contribution >= 0.6 is 23.1 Å². The van der Waals surface area contributed by atoms with Gasteiger partial charge in [-0.15, -0.1) is 10.2 Å².